The summed E-state index contributed by atoms with van der Waals surface area (Å²) in [4.78, 5) is 0. The molecule has 13 heavy (non-hydrogen) atoms. The second kappa shape index (κ2) is 6.35. The molecule has 0 radical (unpaired) electrons. The number of rotatable bonds is 7. The zero-order valence-electron chi connectivity index (χ0n) is 9.17. The Bertz CT molecular complexity index is 121. The maximum Gasteiger partial charge on any atom is 0.0860 e. The Labute approximate surface area is 81.0 Å². The predicted octanol–water partition coefficient (Wildman–Crippen LogP) is 1.59. The number of hydrogen-bond donors (Lipinski definition) is 1. The van der Waals surface area contributed by atoms with Gasteiger partial charge in [-0.3, -0.25) is 0 Å². The van der Waals surface area contributed by atoms with Crippen LogP contribution < -0.4 is 0 Å². The Morgan fingerprint density at radius 2 is 2.00 bits per heavy atom. The van der Waals surface area contributed by atoms with Crippen LogP contribution in [0.3, 0.4) is 0 Å². The minimum absolute atomic E-state index is 0.299. The van der Waals surface area contributed by atoms with Crippen molar-refractivity contribution in [2.24, 2.45) is 0 Å². The van der Waals surface area contributed by atoms with E-state index in [-0.39, 0.29) is 5.60 Å². The molecule has 0 bridgehead atoms. The summed E-state index contributed by atoms with van der Waals surface area (Å²) in [6, 6.07) is 0. The molecule has 0 saturated heterocycles. The van der Waals surface area contributed by atoms with Crippen molar-refractivity contribution in [3.05, 3.63) is 0 Å². The van der Waals surface area contributed by atoms with Crippen LogP contribution >= 0.6 is 0 Å². The zero-order valence-corrected chi connectivity index (χ0v) is 9.17. The molecular weight excluding hydrogens is 168 g/mol. The van der Waals surface area contributed by atoms with Crippen molar-refractivity contribution in [2.45, 2.75) is 45.8 Å². The Balaban J connectivity index is 3.54. The van der Waals surface area contributed by atoms with E-state index in [1.165, 1.54) is 0 Å². The van der Waals surface area contributed by atoms with Gasteiger partial charge in [0.1, 0.15) is 0 Å². The Hall–Kier alpha value is -0.120. The maximum atomic E-state index is 9.02. The van der Waals surface area contributed by atoms with Gasteiger partial charge in [-0.1, -0.05) is 6.92 Å². The first-order chi connectivity index (χ1) is 5.98. The van der Waals surface area contributed by atoms with Crippen molar-refractivity contribution in [1.29, 1.82) is 0 Å². The number of ether oxygens (including phenoxy) is 2. The topological polar surface area (TPSA) is 38.7 Å². The van der Waals surface area contributed by atoms with Crippen molar-refractivity contribution in [3.8, 4) is 0 Å². The normalized spacial score (nSPS) is 14.5. The first-order valence-electron chi connectivity index (χ1n) is 4.87. The summed E-state index contributed by atoms with van der Waals surface area (Å²) in [6.07, 6.45) is 0.609. The molecule has 1 unspecified atom stereocenters. The molecular formula is C10H22O3. The first kappa shape index (κ1) is 12.9. The van der Waals surface area contributed by atoms with E-state index in [1.54, 1.807) is 6.92 Å². The van der Waals surface area contributed by atoms with Gasteiger partial charge in [0.15, 0.2) is 0 Å². The highest BCUT2D eigenvalue weighted by atomic mass is 16.5. The van der Waals surface area contributed by atoms with Gasteiger partial charge in [0, 0.05) is 6.61 Å². The lowest BCUT2D eigenvalue weighted by atomic mass is 10.1. The van der Waals surface area contributed by atoms with Gasteiger partial charge in [-0.05, 0) is 27.2 Å². The van der Waals surface area contributed by atoms with E-state index in [2.05, 4.69) is 6.92 Å². The second-order valence-electron chi connectivity index (χ2n) is 3.97. The van der Waals surface area contributed by atoms with Crippen LogP contribution in [-0.4, -0.2) is 36.6 Å². The van der Waals surface area contributed by atoms with Crippen molar-refractivity contribution in [2.75, 3.05) is 19.8 Å². The fourth-order valence-electron chi connectivity index (χ4n) is 0.850. The molecule has 0 spiro atoms. The molecule has 0 aromatic carbocycles. The highest BCUT2D eigenvalue weighted by Gasteiger charge is 2.19. The van der Waals surface area contributed by atoms with Gasteiger partial charge in [0.05, 0.1) is 24.9 Å². The molecule has 3 nitrogen and oxygen atoms in total. The lowest BCUT2D eigenvalue weighted by Crippen LogP contribution is -2.33. The molecule has 80 valence electrons. The maximum absolute atomic E-state index is 9.02. The Morgan fingerprint density at radius 1 is 1.38 bits per heavy atom. The van der Waals surface area contributed by atoms with Crippen LogP contribution in [0.15, 0.2) is 0 Å². The fourth-order valence-corrected chi connectivity index (χ4v) is 0.850. The van der Waals surface area contributed by atoms with Crippen LogP contribution in [-0.2, 0) is 9.47 Å². The number of aliphatic hydroxyl groups is 1. The molecule has 0 fully saturated rings. The largest absolute Gasteiger partial charge is 0.391 e. The molecule has 0 aliphatic carbocycles. The summed E-state index contributed by atoms with van der Waals surface area (Å²) in [5.74, 6) is 0. The monoisotopic (exact) mass is 190 g/mol. The lowest BCUT2D eigenvalue weighted by molar-refractivity contribution is -0.0961. The van der Waals surface area contributed by atoms with E-state index in [1.807, 2.05) is 13.8 Å². The zero-order chi connectivity index (χ0) is 10.3. The quantitative estimate of drug-likeness (QED) is 0.620. The minimum atomic E-state index is -0.412. The first-order valence-corrected chi connectivity index (χ1v) is 4.87. The van der Waals surface area contributed by atoms with Crippen molar-refractivity contribution < 1.29 is 14.6 Å². The molecule has 0 amide bonds. The molecule has 0 aromatic heterocycles. The summed E-state index contributed by atoms with van der Waals surface area (Å²) in [5.41, 5.74) is -0.299. The summed E-state index contributed by atoms with van der Waals surface area (Å²) in [5, 5.41) is 9.02. The highest BCUT2D eigenvalue weighted by Crippen LogP contribution is 2.10. The van der Waals surface area contributed by atoms with Crippen LogP contribution in [0.5, 0.6) is 0 Å². The molecule has 0 saturated carbocycles. The van der Waals surface area contributed by atoms with Crippen LogP contribution in [0.25, 0.3) is 0 Å². The molecule has 0 aliphatic heterocycles. The smallest absolute Gasteiger partial charge is 0.0860 e. The number of hydrogen-bond acceptors (Lipinski definition) is 3. The van der Waals surface area contributed by atoms with Gasteiger partial charge >= 0.3 is 0 Å². The Kier molecular flexibility index (Phi) is 6.29. The SMILES string of the molecule is CCCOCC(C)(C)OCC(C)O. The van der Waals surface area contributed by atoms with Gasteiger partial charge in [0.2, 0.25) is 0 Å². The molecule has 3 heteroatoms. The summed E-state index contributed by atoms with van der Waals surface area (Å²) in [7, 11) is 0. The third kappa shape index (κ3) is 8.22. The van der Waals surface area contributed by atoms with Gasteiger partial charge in [-0.15, -0.1) is 0 Å². The molecule has 0 rings (SSSR count). The average molecular weight is 190 g/mol. The van der Waals surface area contributed by atoms with E-state index in [0.717, 1.165) is 13.0 Å². The highest BCUT2D eigenvalue weighted by molar-refractivity contribution is 4.67. The van der Waals surface area contributed by atoms with Crippen molar-refractivity contribution in [3.63, 3.8) is 0 Å². The van der Waals surface area contributed by atoms with E-state index in [4.69, 9.17) is 14.6 Å². The Morgan fingerprint density at radius 3 is 2.46 bits per heavy atom. The van der Waals surface area contributed by atoms with Crippen LogP contribution in [0.4, 0.5) is 0 Å². The summed E-state index contributed by atoms with van der Waals surface area (Å²) >= 11 is 0. The van der Waals surface area contributed by atoms with E-state index < -0.39 is 6.10 Å². The van der Waals surface area contributed by atoms with Gasteiger partial charge in [0.25, 0.3) is 0 Å². The van der Waals surface area contributed by atoms with E-state index >= 15 is 0 Å². The predicted molar refractivity (Wildman–Crippen MR) is 52.8 cm³/mol. The van der Waals surface area contributed by atoms with Crippen molar-refractivity contribution in [1.82, 2.24) is 0 Å². The van der Waals surface area contributed by atoms with E-state index in [9.17, 15) is 0 Å². The second-order valence-corrected chi connectivity index (χ2v) is 3.97. The van der Waals surface area contributed by atoms with Gasteiger partial charge < -0.3 is 14.6 Å². The minimum Gasteiger partial charge on any atom is -0.391 e. The number of aliphatic hydroxyl groups excluding tert-OH is 1. The summed E-state index contributed by atoms with van der Waals surface area (Å²) < 4.78 is 10.8. The van der Waals surface area contributed by atoms with Crippen LogP contribution in [0, 0.1) is 0 Å². The van der Waals surface area contributed by atoms with Crippen molar-refractivity contribution >= 4 is 0 Å². The molecule has 0 aliphatic rings. The third-order valence-corrected chi connectivity index (χ3v) is 1.51. The third-order valence-electron chi connectivity index (χ3n) is 1.51. The van der Waals surface area contributed by atoms with Gasteiger partial charge in [-0.2, -0.15) is 0 Å². The molecule has 0 heterocycles. The van der Waals surface area contributed by atoms with Gasteiger partial charge in [-0.25, -0.2) is 0 Å². The molecule has 0 aromatic rings. The molecule has 1 N–H and O–H groups in total. The lowest BCUT2D eigenvalue weighted by Gasteiger charge is -2.25. The average Bonchev–Trinajstić information content (AvgIpc) is 2.02. The summed E-state index contributed by atoms with van der Waals surface area (Å²) in [6.45, 7) is 9.42. The van der Waals surface area contributed by atoms with E-state index in [0.29, 0.717) is 13.2 Å². The molecule has 1 atom stereocenters. The fraction of sp³-hybridized carbons (Fsp3) is 1.00. The standard InChI is InChI=1S/C10H22O3/c1-5-6-12-8-10(3,4)13-7-9(2)11/h9,11H,5-8H2,1-4H3. The van der Waals surface area contributed by atoms with Crippen LogP contribution in [0.2, 0.25) is 0 Å². The van der Waals surface area contributed by atoms with Crippen LogP contribution in [0.1, 0.15) is 34.1 Å².